The molecule has 0 radical (unpaired) electrons. The van der Waals surface area contributed by atoms with Crippen molar-refractivity contribution in [3.05, 3.63) is 124 Å². The molecule has 1 aliphatic rings. The van der Waals surface area contributed by atoms with Crippen LogP contribution < -0.4 is 15.9 Å². The van der Waals surface area contributed by atoms with E-state index in [1.807, 2.05) is 0 Å². The second kappa shape index (κ2) is 8.28. The second-order valence-corrected chi connectivity index (χ2v) is 12.9. The first kappa shape index (κ1) is 21.6. The molecule has 0 aliphatic carbocycles. The number of cyclic esters (lactones) is 1. The summed E-state index contributed by atoms with van der Waals surface area (Å²) in [6.07, 6.45) is 0. The Hall–Kier alpha value is -3.22. The van der Waals surface area contributed by atoms with Gasteiger partial charge >= 0.3 is 197 Å². The molecule has 0 bridgehead atoms. The summed E-state index contributed by atoms with van der Waals surface area (Å²) < 4.78 is 6.46. The molecule has 166 valence electrons. The molecule has 33 heavy (non-hydrogen) atoms. The summed E-state index contributed by atoms with van der Waals surface area (Å²) in [6.45, 7) is 8.47. The standard InChI is InChI=1S/C30H29O2P/c1-20-21(2)23(4)28-27(22(20)3)29(31)32-30(28)33(24-14-8-5-9-15-24,25-16-10-6-11-17-25)26-18-12-7-13-19-26/h5-19,30,33H,1-4H3. The maximum absolute atomic E-state index is 13.5. The normalized spacial score (nSPS) is 15.8. The molecule has 0 spiro atoms. The Labute approximate surface area is 196 Å². The first-order chi connectivity index (χ1) is 16.0. The van der Waals surface area contributed by atoms with E-state index in [1.165, 1.54) is 32.6 Å². The summed E-state index contributed by atoms with van der Waals surface area (Å²) in [5.74, 6) is -0.538. The fourth-order valence-electron chi connectivity index (χ4n) is 5.52. The molecule has 0 saturated heterocycles. The number of carbonyl (C=O) groups excluding carboxylic acids is 1. The van der Waals surface area contributed by atoms with Crippen molar-refractivity contribution in [1.82, 2.24) is 0 Å². The van der Waals surface area contributed by atoms with Crippen LogP contribution in [-0.4, -0.2) is 5.97 Å². The predicted molar refractivity (Wildman–Crippen MR) is 140 cm³/mol. The predicted octanol–water partition coefficient (Wildman–Crippen LogP) is 5.82. The fraction of sp³-hybridized carbons (Fsp3) is 0.167. The Morgan fingerprint density at radius 1 is 0.576 bits per heavy atom. The van der Waals surface area contributed by atoms with Gasteiger partial charge in [-0.2, -0.15) is 0 Å². The molecular weight excluding hydrogens is 423 g/mol. The first-order valence-corrected chi connectivity index (χ1v) is 13.5. The van der Waals surface area contributed by atoms with Crippen LogP contribution in [0, 0.1) is 27.7 Å². The zero-order chi connectivity index (χ0) is 23.2. The van der Waals surface area contributed by atoms with Gasteiger partial charge in [0.25, 0.3) is 0 Å². The Bertz CT molecular complexity index is 1230. The molecule has 0 N–H and O–H groups in total. The second-order valence-electron chi connectivity index (χ2n) is 8.98. The molecule has 2 nitrogen and oxygen atoms in total. The number of hydrogen-bond donors (Lipinski definition) is 0. The van der Waals surface area contributed by atoms with E-state index in [0.29, 0.717) is 0 Å². The summed E-state index contributed by atoms with van der Waals surface area (Å²) in [4.78, 5) is 13.5. The Morgan fingerprint density at radius 2 is 0.970 bits per heavy atom. The third-order valence-electron chi connectivity index (χ3n) is 7.51. The summed E-state index contributed by atoms with van der Waals surface area (Å²) in [5.41, 5.74) is 6.47. The molecule has 0 fully saturated rings. The van der Waals surface area contributed by atoms with Crippen LogP contribution in [0.15, 0.2) is 91.0 Å². The molecule has 1 atom stereocenters. The van der Waals surface area contributed by atoms with E-state index in [1.54, 1.807) is 0 Å². The van der Waals surface area contributed by atoms with Gasteiger partial charge in [0.1, 0.15) is 0 Å². The average molecular weight is 453 g/mol. The van der Waals surface area contributed by atoms with E-state index >= 15 is 0 Å². The van der Waals surface area contributed by atoms with E-state index < -0.39 is 7.26 Å². The van der Waals surface area contributed by atoms with Crippen molar-refractivity contribution in [3.63, 3.8) is 0 Å². The van der Waals surface area contributed by atoms with Crippen molar-refractivity contribution in [1.29, 1.82) is 0 Å². The summed E-state index contributed by atoms with van der Waals surface area (Å²) >= 11 is 0. The molecule has 3 heteroatoms. The number of hydrogen-bond acceptors (Lipinski definition) is 2. The van der Waals surface area contributed by atoms with Gasteiger partial charge < -0.3 is 0 Å². The SMILES string of the molecule is Cc1c(C)c(C)c2c(c1C)C(=O)OC2[PH](c1ccccc1)(c1ccccc1)c1ccccc1. The molecule has 0 aromatic heterocycles. The topological polar surface area (TPSA) is 26.3 Å². The van der Waals surface area contributed by atoms with Crippen molar-refractivity contribution < 1.29 is 9.53 Å². The number of ether oxygens (including phenoxy) is 1. The zero-order valence-corrected chi connectivity index (χ0v) is 20.6. The Morgan fingerprint density at radius 3 is 1.39 bits per heavy atom. The van der Waals surface area contributed by atoms with Gasteiger partial charge in [0.2, 0.25) is 0 Å². The van der Waals surface area contributed by atoms with Crippen LogP contribution in [0.2, 0.25) is 0 Å². The molecule has 1 unspecified atom stereocenters. The molecule has 1 aliphatic heterocycles. The third-order valence-corrected chi connectivity index (χ3v) is 12.4. The third kappa shape index (κ3) is 3.16. The summed E-state index contributed by atoms with van der Waals surface area (Å²) in [7, 11) is -2.82. The zero-order valence-electron chi connectivity index (χ0n) is 19.6. The van der Waals surface area contributed by atoms with E-state index in [2.05, 4.69) is 119 Å². The summed E-state index contributed by atoms with van der Waals surface area (Å²) in [6, 6.07) is 32.0. The van der Waals surface area contributed by atoms with Crippen LogP contribution in [0.3, 0.4) is 0 Å². The first-order valence-electron chi connectivity index (χ1n) is 11.5. The Balaban J connectivity index is 1.94. The van der Waals surface area contributed by atoms with Crippen molar-refractivity contribution in [2.75, 3.05) is 0 Å². The molecule has 4 aromatic rings. The van der Waals surface area contributed by atoms with Crippen LogP contribution in [0.5, 0.6) is 0 Å². The quantitative estimate of drug-likeness (QED) is 0.288. The van der Waals surface area contributed by atoms with Crippen molar-refractivity contribution >= 4 is 29.1 Å². The van der Waals surface area contributed by atoms with Gasteiger partial charge in [-0.05, 0) is 0 Å². The van der Waals surface area contributed by atoms with Crippen LogP contribution in [-0.2, 0) is 4.74 Å². The van der Waals surface area contributed by atoms with Crippen molar-refractivity contribution in [2.45, 2.75) is 33.5 Å². The van der Waals surface area contributed by atoms with Crippen LogP contribution >= 0.6 is 7.26 Å². The van der Waals surface area contributed by atoms with Gasteiger partial charge in [-0.15, -0.1) is 0 Å². The van der Waals surface area contributed by atoms with Gasteiger partial charge in [0.05, 0.1) is 0 Å². The average Bonchev–Trinajstić information content (AvgIpc) is 3.21. The molecule has 1 heterocycles. The molecular formula is C30H29O2P. The molecule has 0 amide bonds. The monoisotopic (exact) mass is 452 g/mol. The van der Waals surface area contributed by atoms with Gasteiger partial charge in [-0.3, -0.25) is 0 Å². The number of rotatable bonds is 4. The van der Waals surface area contributed by atoms with E-state index in [4.69, 9.17) is 4.74 Å². The minimum absolute atomic E-state index is 0.196. The van der Waals surface area contributed by atoms with Crippen molar-refractivity contribution in [2.24, 2.45) is 0 Å². The van der Waals surface area contributed by atoms with Crippen LogP contribution in [0.1, 0.15) is 44.0 Å². The minimum atomic E-state index is -2.82. The molecule has 0 saturated carbocycles. The van der Waals surface area contributed by atoms with E-state index in [0.717, 1.165) is 16.7 Å². The fourth-order valence-corrected chi connectivity index (χ4v) is 10.7. The maximum atomic E-state index is 13.5. The van der Waals surface area contributed by atoms with Crippen LogP contribution in [0.25, 0.3) is 0 Å². The number of benzene rings is 4. The van der Waals surface area contributed by atoms with Gasteiger partial charge in [0, 0.05) is 0 Å². The number of carbonyl (C=O) groups is 1. The number of fused-ring (bicyclic) bond motifs is 1. The van der Waals surface area contributed by atoms with Crippen LogP contribution in [0.4, 0.5) is 0 Å². The van der Waals surface area contributed by atoms with Gasteiger partial charge in [-0.1, -0.05) is 0 Å². The number of esters is 1. The van der Waals surface area contributed by atoms with E-state index in [-0.39, 0.29) is 11.8 Å². The molecule has 4 aromatic carbocycles. The van der Waals surface area contributed by atoms with Gasteiger partial charge in [0.15, 0.2) is 0 Å². The van der Waals surface area contributed by atoms with Crippen molar-refractivity contribution in [3.8, 4) is 0 Å². The Kier molecular flexibility index (Phi) is 5.43. The summed E-state index contributed by atoms with van der Waals surface area (Å²) in [5, 5.41) is 3.72. The van der Waals surface area contributed by atoms with Gasteiger partial charge in [-0.25, -0.2) is 0 Å². The molecule has 5 rings (SSSR count). The van der Waals surface area contributed by atoms with E-state index in [9.17, 15) is 4.79 Å².